The van der Waals surface area contributed by atoms with E-state index in [0.29, 0.717) is 18.1 Å². The molecule has 7 heteroatoms. The minimum Gasteiger partial charge on any atom is -0.464 e. The number of nitrogen functional groups attached to an aromatic ring is 1. The summed E-state index contributed by atoms with van der Waals surface area (Å²) in [7, 11) is 3.16. The van der Waals surface area contributed by atoms with E-state index in [0.717, 1.165) is 5.69 Å². The molecule has 2 N–H and O–H groups in total. The van der Waals surface area contributed by atoms with Crippen LogP contribution in [0.3, 0.4) is 0 Å². The third kappa shape index (κ3) is 3.00. The predicted octanol–water partition coefficient (Wildman–Crippen LogP) is 1.54. The third-order valence-electron chi connectivity index (χ3n) is 2.54. The second kappa shape index (κ2) is 5.66. The van der Waals surface area contributed by atoms with Crippen LogP contribution in [0.2, 0.25) is 0 Å². The first kappa shape index (κ1) is 13.3. The number of aromatic nitrogens is 2. The average molecular weight is 278 g/mol. The van der Waals surface area contributed by atoms with Crippen molar-refractivity contribution in [1.29, 1.82) is 0 Å². The van der Waals surface area contributed by atoms with Crippen molar-refractivity contribution >= 4 is 28.8 Å². The van der Waals surface area contributed by atoms with E-state index in [1.807, 2.05) is 17.3 Å². The Morgan fingerprint density at radius 2 is 2.32 bits per heavy atom. The molecule has 2 heterocycles. The maximum atomic E-state index is 11.5. The summed E-state index contributed by atoms with van der Waals surface area (Å²) in [6.45, 7) is 0.575. The molecular formula is C12H14N4O2S. The van der Waals surface area contributed by atoms with Crippen LogP contribution in [0.1, 0.15) is 16.2 Å². The van der Waals surface area contributed by atoms with Crippen LogP contribution in [0.4, 0.5) is 11.5 Å². The number of ether oxygens (including phenoxy) is 1. The van der Waals surface area contributed by atoms with Crippen molar-refractivity contribution in [3.05, 3.63) is 34.4 Å². The van der Waals surface area contributed by atoms with Crippen LogP contribution in [-0.4, -0.2) is 30.1 Å². The summed E-state index contributed by atoms with van der Waals surface area (Å²) in [5.41, 5.74) is 9.32. The van der Waals surface area contributed by atoms with Crippen LogP contribution in [0.5, 0.6) is 0 Å². The van der Waals surface area contributed by atoms with Crippen LogP contribution >= 0.6 is 11.3 Å². The van der Waals surface area contributed by atoms with Gasteiger partial charge in [-0.15, -0.1) is 11.3 Å². The van der Waals surface area contributed by atoms with Gasteiger partial charge in [-0.1, -0.05) is 0 Å². The van der Waals surface area contributed by atoms with Crippen molar-refractivity contribution < 1.29 is 9.53 Å². The highest BCUT2D eigenvalue weighted by atomic mass is 32.1. The van der Waals surface area contributed by atoms with Crippen molar-refractivity contribution in [3.8, 4) is 0 Å². The molecule has 0 radical (unpaired) electrons. The zero-order chi connectivity index (χ0) is 13.8. The van der Waals surface area contributed by atoms with Crippen LogP contribution < -0.4 is 10.6 Å². The number of nitrogens with two attached hydrogens (primary N) is 1. The zero-order valence-electron chi connectivity index (χ0n) is 10.7. The van der Waals surface area contributed by atoms with Gasteiger partial charge in [0.2, 0.25) is 0 Å². The molecule has 0 atom stereocenters. The molecule has 2 aromatic heterocycles. The number of pyridine rings is 1. The van der Waals surface area contributed by atoms with E-state index in [-0.39, 0.29) is 5.69 Å². The summed E-state index contributed by atoms with van der Waals surface area (Å²) in [5, 5.41) is 1.96. The van der Waals surface area contributed by atoms with Gasteiger partial charge in [0.1, 0.15) is 0 Å². The molecule has 0 aliphatic rings. The maximum absolute atomic E-state index is 11.5. The van der Waals surface area contributed by atoms with E-state index in [2.05, 4.69) is 14.7 Å². The van der Waals surface area contributed by atoms with Gasteiger partial charge in [0.05, 0.1) is 30.5 Å². The van der Waals surface area contributed by atoms with E-state index in [1.54, 1.807) is 17.6 Å². The van der Waals surface area contributed by atoms with Gasteiger partial charge in [-0.3, -0.25) is 0 Å². The van der Waals surface area contributed by atoms with Crippen LogP contribution in [0, 0.1) is 0 Å². The lowest BCUT2D eigenvalue weighted by molar-refractivity contribution is 0.0594. The van der Waals surface area contributed by atoms with Gasteiger partial charge < -0.3 is 15.4 Å². The molecule has 0 saturated heterocycles. The molecule has 6 nitrogen and oxygen atoms in total. The number of nitrogens with zero attached hydrogens (tertiary/aromatic N) is 3. The van der Waals surface area contributed by atoms with Gasteiger partial charge in [-0.25, -0.2) is 14.8 Å². The molecule has 0 aromatic carbocycles. The first-order chi connectivity index (χ1) is 9.11. The van der Waals surface area contributed by atoms with Crippen LogP contribution in [0.25, 0.3) is 0 Å². The Morgan fingerprint density at radius 3 is 2.95 bits per heavy atom. The Balaban J connectivity index is 2.25. The molecule has 0 unspecified atom stereocenters. The smallest absolute Gasteiger partial charge is 0.356 e. The summed E-state index contributed by atoms with van der Waals surface area (Å²) in [6.07, 6.45) is 0. The maximum Gasteiger partial charge on any atom is 0.356 e. The monoisotopic (exact) mass is 278 g/mol. The molecular weight excluding hydrogens is 264 g/mol. The van der Waals surface area contributed by atoms with Gasteiger partial charge in [-0.05, 0) is 12.1 Å². The molecule has 2 rings (SSSR count). The number of carbonyl (C=O) groups is 1. The highest BCUT2D eigenvalue weighted by Crippen LogP contribution is 2.21. The number of thiazole rings is 1. The molecule has 0 aliphatic heterocycles. The summed E-state index contributed by atoms with van der Waals surface area (Å²) in [5.74, 6) is 0.0548. The van der Waals surface area contributed by atoms with Gasteiger partial charge in [0, 0.05) is 12.4 Å². The number of carbonyl (C=O) groups excluding carboxylic acids is 1. The lowest BCUT2D eigenvalue weighted by Crippen LogP contribution is -2.20. The van der Waals surface area contributed by atoms with Gasteiger partial charge in [-0.2, -0.15) is 0 Å². The third-order valence-corrected chi connectivity index (χ3v) is 3.18. The van der Waals surface area contributed by atoms with Gasteiger partial charge in [0.25, 0.3) is 0 Å². The molecule has 0 saturated carbocycles. The fraction of sp³-hybridized carbons (Fsp3) is 0.250. The van der Waals surface area contributed by atoms with E-state index >= 15 is 0 Å². The first-order valence-corrected chi connectivity index (χ1v) is 6.49. The van der Waals surface area contributed by atoms with E-state index in [1.165, 1.54) is 18.4 Å². The quantitative estimate of drug-likeness (QED) is 0.854. The SMILES string of the molecule is COC(=O)c1ccc(N)c(N(C)Cc2cscn2)n1. The Bertz CT molecular complexity index is 571. The number of rotatable bonds is 4. The Morgan fingerprint density at radius 1 is 1.53 bits per heavy atom. The number of esters is 1. The van der Waals surface area contributed by atoms with Crippen molar-refractivity contribution in [1.82, 2.24) is 9.97 Å². The van der Waals surface area contributed by atoms with E-state index in [9.17, 15) is 4.79 Å². The lowest BCUT2D eigenvalue weighted by Gasteiger charge is -2.19. The second-order valence-corrected chi connectivity index (χ2v) is 4.66. The molecule has 0 fully saturated rings. The molecule has 0 spiro atoms. The fourth-order valence-corrected chi connectivity index (χ4v) is 2.17. The van der Waals surface area contributed by atoms with Crippen molar-refractivity contribution in [2.45, 2.75) is 6.54 Å². The number of anilines is 2. The Labute approximate surface area is 114 Å². The zero-order valence-corrected chi connectivity index (χ0v) is 11.5. The molecule has 0 amide bonds. The number of hydrogen-bond donors (Lipinski definition) is 1. The van der Waals surface area contributed by atoms with E-state index < -0.39 is 5.97 Å². The normalized spacial score (nSPS) is 10.2. The summed E-state index contributed by atoms with van der Waals surface area (Å²) < 4.78 is 4.65. The van der Waals surface area contributed by atoms with Gasteiger partial charge in [0.15, 0.2) is 11.5 Å². The van der Waals surface area contributed by atoms with Crippen molar-refractivity contribution in [3.63, 3.8) is 0 Å². The van der Waals surface area contributed by atoms with Gasteiger partial charge >= 0.3 is 5.97 Å². The van der Waals surface area contributed by atoms with Crippen LogP contribution in [-0.2, 0) is 11.3 Å². The Hall–Kier alpha value is -2.15. The molecule has 19 heavy (non-hydrogen) atoms. The van der Waals surface area contributed by atoms with Crippen molar-refractivity contribution in [2.24, 2.45) is 0 Å². The molecule has 100 valence electrons. The minimum atomic E-state index is -0.483. The highest BCUT2D eigenvalue weighted by molar-refractivity contribution is 7.07. The lowest BCUT2D eigenvalue weighted by atomic mass is 10.3. The standard InChI is InChI=1S/C12H14N4O2S/c1-16(5-8-6-19-7-14-8)11-9(13)3-4-10(15-11)12(17)18-2/h3-4,6-7H,5,13H2,1-2H3. The largest absolute Gasteiger partial charge is 0.464 e. The summed E-state index contributed by atoms with van der Waals surface area (Å²) in [4.78, 5) is 21.7. The minimum absolute atomic E-state index is 0.233. The topological polar surface area (TPSA) is 81.3 Å². The number of hydrogen-bond acceptors (Lipinski definition) is 7. The second-order valence-electron chi connectivity index (χ2n) is 3.94. The molecule has 0 aliphatic carbocycles. The summed E-state index contributed by atoms with van der Waals surface area (Å²) >= 11 is 1.53. The first-order valence-electron chi connectivity index (χ1n) is 5.55. The van der Waals surface area contributed by atoms with Crippen molar-refractivity contribution in [2.75, 3.05) is 24.8 Å². The summed E-state index contributed by atoms with van der Waals surface area (Å²) in [6, 6.07) is 3.19. The number of methoxy groups -OCH3 is 1. The molecule has 2 aromatic rings. The molecule has 0 bridgehead atoms. The van der Waals surface area contributed by atoms with Crippen LogP contribution in [0.15, 0.2) is 23.0 Å². The fourth-order valence-electron chi connectivity index (χ4n) is 1.62. The highest BCUT2D eigenvalue weighted by Gasteiger charge is 2.14. The van der Waals surface area contributed by atoms with E-state index in [4.69, 9.17) is 5.73 Å². The predicted molar refractivity (Wildman–Crippen MR) is 74.2 cm³/mol. The Kier molecular flexibility index (Phi) is 3.96. The average Bonchev–Trinajstić information content (AvgIpc) is 2.91.